The summed E-state index contributed by atoms with van der Waals surface area (Å²) in [4.78, 5) is 0. The second-order valence-corrected chi connectivity index (χ2v) is 3.85. The highest BCUT2D eigenvalue weighted by Crippen LogP contribution is 2.19. The molecule has 19 heavy (non-hydrogen) atoms. The van der Waals surface area contributed by atoms with Gasteiger partial charge in [-0.2, -0.15) is 0 Å². The molecule has 0 aliphatic carbocycles. The minimum Gasteiger partial charge on any atom is -0.426 e. The van der Waals surface area contributed by atoms with Gasteiger partial charge >= 0.3 is 0 Å². The largest absolute Gasteiger partial charge is 0.426 e. The van der Waals surface area contributed by atoms with Gasteiger partial charge in [-0.1, -0.05) is 12.1 Å². The summed E-state index contributed by atoms with van der Waals surface area (Å²) in [5.41, 5.74) is 1.51. The minimum atomic E-state index is -0.386. The van der Waals surface area contributed by atoms with Crippen LogP contribution in [0.15, 0.2) is 24.3 Å². The second kappa shape index (κ2) is 7.66. The highest BCUT2D eigenvalue weighted by Gasteiger charge is 2.12. The molecule has 0 aliphatic rings. The van der Waals surface area contributed by atoms with Gasteiger partial charge in [0.25, 0.3) is 0 Å². The molecular weight excluding hydrogens is 244 g/mol. The van der Waals surface area contributed by atoms with Gasteiger partial charge in [0.05, 0.1) is 0 Å². The van der Waals surface area contributed by atoms with Crippen LogP contribution < -0.4 is 0 Å². The summed E-state index contributed by atoms with van der Waals surface area (Å²) in [6.07, 6.45) is -0.386. The third-order valence-corrected chi connectivity index (χ3v) is 2.34. The maximum absolute atomic E-state index is 7.67. The Balaban J connectivity index is 2.79. The molecule has 2 N–H and O–H groups in total. The van der Waals surface area contributed by atoms with Crippen LogP contribution in [0.3, 0.4) is 0 Å². The molecule has 0 saturated carbocycles. The fourth-order valence-electron chi connectivity index (χ4n) is 1.55. The van der Waals surface area contributed by atoms with Crippen LogP contribution in [0.4, 0.5) is 0 Å². The zero-order chi connectivity index (χ0) is 14.3. The number of hydrogen-bond donors (Lipinski definition) is 2. The molecule has 0 bridgehead atoms. The van der Waals surface area contributed by atoms with E-state index in [1.807, 2.05) is 26.0 Å². The van der Waals surface area contributed by atoms with Crippen LogP contribution in [0.25, 0.3) is 0 Å². The highest BCUT2D eigenvalue weighted by molar-refractivity contribution is 5.98. The zero-order valence-corrected chi connectivity index (χ0v) is 11.5. The molecule has 0 amide bonds. The minimum absolute atomic E-state index is 0.00409. The Morgan fingerprint density at radius 3 is 2.00 bits per heavy atom. The smallest absolute Gasteiger partial charge is 0.220 e. The van der Waals surface area contributed by atoms with Gasteiger partial charge in [-0.15, -0.1) is 0 Å². The van der Waals surface area contributed by atoms with Gasteiger partial charge in [-0.25, -0.2) is 0 Å². The third-order valence-electron chi connectivity index (χ3n) is 2.34. The van der Waals surface area contributed by atoms with Crippen molar-refractivity contribution in [1.29, 1.82) is 10.8 Å². The van der Waals surface area contributed by atoms with Crippen LogP contribution >= 0.6 is 0 Å². The van der Waals surface area contributed by atoms with Crippen LogP contribution in [-0.2, 0) is 14.2 Å². The molecular formula is C14H20N2O3. The van der Waals surface area contributed by atoms with Crippen molar-refractivity contribution < 1.29 is 14.2 Å². The Morgan fingerprint density at radius 1 is 1.05 bits per heavy atom. The van der Waals surface area contributed by atoms with Crippen molar-refractivity contribution in [2.45, 2.75) is 27.1 Å². The first kappa shape index (κ1) is 15.3. The van der Waals surface area contributed by atoms with Crippen LogP contribution in [0.1, 0.15) is 38.2 Å². The van der Waals surface area contributed by atoms with Gasteiger partial charge < -0.3 is 14.2 Å². The van der Waals surface area contributed by atoms with Gasteiger partial charge in [0, 0.05) is 31.3 Å². The third kappa shape index (κ3) is 4.81. The quantitative estimate of drug-likeness (QED) is 0.471. The number of ether oxygens (including phenoxy) is 3. The summed E-state index contributed by atoms with van der Waals surface area (Å²) in [5.74, 6) is -0.0426. The van der Waals surface area contributed by atoms with E-state index < -0.39 is 0 Å². The Hall–Kier alpha value is -1.72. The molecule has 1 aromatic carbocycles. The van der Waals surface area contributed by atoms with E-state index in [1.54, 1.807) is 12.1 Å². The van der Waals surface area contributed by atoms with E-state index in [0.29, 0.717) is 18.8 Å². The monoisotopic (exact) mass is 264 g/mol. The average Bonchev–Trinajstić information content (AvgIpc) is 2.38. The van der Waals surface area contributed by atoms with Crippen LogP contribution in [0, 0.1) is 10.8 Å². The lowest BCUT2D eigenvalue weighted by Gasteiger charge is -2.17. The number of rotatable bonds is 6. The Labute approximate surface area is 113 Å². The lowest BCUT2D eigenvalue weighted by Crippen LogP contribution is -2.11. The average molecular weight is 264 g/mol. The Bertz CT molecular complexity index is 423. The van der Waals surface area contributed by atoms with Crippen molar-refractivity contribution in [2.75, 3.05) is 13.2 Å². The topological polar surface area (TPSA) is 75.4 Å². The van der Waals surface area contributed by atoms with E-state index in [9.17, 15) is 0 Å². The summed E-state index contributed by atoms with van der Waals surface area (Å²) in [5, 5.41) is 14.9. The van der Waals surface area contributed by atoms with Gasteiger partial charge in [0.2, 0.25) is 5.90 Å². The fourth-order valence-corrected chi connectivity index (χ4v) is 1.55. The van der Waals surface area contributed by atoms with Crippen molar-refractivity contribution in [3.8, 4) is 0 Å². The Kier molecular flexibility index (Phi) is 6.18. The van der Waals surface area contributed by atoms with Crippen LogP contribution in [-0.4, -0.2) is 25.0 Å². The van der Waals surface area contributed by atoms with Gasteiger partial charge in [0.1, 0.15) is 0 Å². The number of nitrogens with one attached hydrogen (secondary N) is 2. The van der Waals surface area contributed by atoms with Crippen LogP contribution in [0.2, 0.25) is 0 Å². The summed E-state index contributed by atoms with van der Waals surface area (Å²) in [7, 11) is 0. The molecule has 0 radical (unpaired) electrons. The summed E-state index contributed by atoms with van der Waals surface area (Å²) >= 11 is 0. The van der Waals surface area contributed by atoms with Gasteiger partial charge in [0.15, 0.2) is 12.2 Å². The lowest BCUT2D eigenvalue weighted by atomic mass is 10.1. The lowest BCUT2D eigenvalue weighted by molar-refractivity contribution is -0.140. The first-order valence-corrected chi connectivity index (χ1v) is 6.23. The first-order chi connectivity index (χ1) is 9.08. The molecule has 5 nitrogen and oxygen atoms in total. The van der Waals surface area contributed by atoms with E-state index in [4.69, 9.17) is 25.0 Å². The molecule has 1 aromatic rings. The van der Waals surface area contributed by atoms with Crippen molar-refractivity contribution in [3.63, 3.8) is 0 Å². The van der Waals surface area contributed by atoms with E-state index in [-0.39, 0.29) is 18.1 Å². The summed E-state index contributed by atoms with van der Waals surface area (Å²) < 4.78 is 15.9. The van der Waals surface area contributed by atoms with E-state index in [2.05, 4.69) is 0 Å². The van der Waals surface area contributed by atoms with Crippen molar-refractivity contribution in [3.05, 3.63) is 35.4 Å². The standard InChI is InChI=1S/C14H20N2O3/c1-4-17-14(18-5-2)12-8-6-11(7-9-12)13(16)19-10(3)15/h6-9,14-16H,4-5H2,1-3H3. The SMILES string of the molecule is CCOC(OCC)c1ccc(C(=N)OC(C)=N)cc1. The molecule has 0 saturated heterocycles. The summed E-state index contributed by atoms with van der Waals surface area (Å²) in [6.45, 7) is 6.45. The molecule has 0 aliphatic heterocycles. The maximum Gasteiger partial charge on any atom is 0.220 e. The molecule has 1 rings (SSSR count). The maximum atomic E-state index is 7.67. The molecule has 5 heteroatoms. The normalized spacial score (nSPS) is 10.5. The molecule has 0 fully saturated rings. The predicted octanol–water partition coefficient (Wildman–Crippen LogP) is 3.10. The molecule has 104 valence electrons. The molecule has 0 heterocycles. The molecule has 0 unspecified atom stereocenters. The predicted molar refractivity (Wildman–Crippen MR) is 73.7 cm³/mol. The molecule has 0 atom stereocenters. The first-order valence-electron chi connectivity index (χ1n) is 6.23. The van der Waals surface area contributed by atoms with Crippen molar-refractivity contribution in [1.82, 2.24) is 0 Å². The van der Waals surface area contributed by atoms with E-state index >= 15 is 0 Å². The van der Waals surface area contributed by atoms with Crippen molar-refractivity contribution in [2.24, 2.45) is 0 Å². The zero-order valence-electron chi connectivity index (χ0n) is 11.5. The van der Waals surface area contributed by atoms with E-state index in [0.717, 1.165) is 5.56 Å². The number of benzene rings is 1. The molecule has 0 spiro atoms. The number of hydrogen-bond acceptors (Lipinski definition) is 5. The second-order valence-electron chi connectivity index (χ2n) is 3.85. The van der Waals surface area contributed by atoms with Gasteiger partial charge in [-0.05, 0) is 26.0 Å². The highest BCUT2D eigenvalue weighted by atomic mass is 16.7. The summed E-state index contributed by atoms with van der Waals surface area (Å²) in [6, 6.07) is 7.18. The van der Waals surface area contributed by atoms with Crippen molar-refractivity contribution >= 4 is 11.8 Å². The Morgan fingerprint density at radius 2 is 1.58 bits per heavy atom. The van der Waals surface area contributed by atoms with Gasteiger partial charge in [-0.3, -0.25) is 10.8 Å². The van der Waals surface area contributed by atoms with Crippen LogP contribution in [0.5, 0.6) is 0 Å². The fraction of sp³-hybridized carbons (Fsp3) is 0.429. The van der Waals surface area contributed by atoms with E-state index in [1.165, 1.54) is 6.92 Å². The molecule has 0 aromatic heterocycles.